The van der Waals surface area contributed by atoms with Crippen molar-refractivity contribution in [3.05, 3.63) is 102 Å². The first-order valence-corrected chi connectivity index (χ1v) is 10.8. The lowest BCUT2D eigenvalue weighted by molar-refractivity contribution is -0.169. The van der Waals surface area contributed by atoms with Crippen LogP contribution < -0.4 is 0 Å². The summed E-state index contributed by atoms with van der Waals surface area (Å²) in [5, 5.41) is 0. The summed E-state index contributed by atoms with van der Waals surface area (Å²) in [6.45, 7) is 2.43. The fourth-order valence-electron chi connectivity index (χ4n) is 3.85. The molecular formula is C25H23NO3S. The Morgan fingerprint density at radius 2 is 1.50 bits per heavy atom. The van der Waals surface area contributed by atoms with Crippen molar-refractivity contribution in [3.63, 3.8) is 0 Å². The molecule has 3 aromatic rings. The van der Waals surface area contributed by atoms with Crippen LogP contribution in [0.1, 0.15) is 24.1 Å². The number of rotatable bonds is 7. The Bertz CT molecular complexity index is 1010. The predicted octanol–water partition coefficient (Wildman–Crippen LogP) is 4.86. The maximum absolute atomic E-state index is 13.6. The van der Waals surface area contributed by atoms with Crippen molar-refractivity contribution in [2.24, 2.45) is 0 Å². The van der Waals surface area contributed by atoms with Crippen molar-refractivity contribution in [3.8, 4) is 0 Å². The van der Waals surface area contributed by atoms with Gasteiger partial charge in [-0.3, -0.25) is 4.79 Å². The zero-order chi connectivity index (χ0) is 21.0. The fraction of sp³-hybridized carbons (Fsp3) is 0.200. The lowest BCUT2D eigenvalue weighted by atomic mass is 9.80. The highest BCUT2D eigenvalue weighted by atomic mass is 32.2. The average molecular weight is 418 g/mol. The molecule has 0 unspecified atom stereocenters. The van der Waals surface area contributed by atoms with Crippen LogP contribution in [0.4, 0.5) is 0 Å². The predicted molar refractivity (Wildman–Crippen MR) is 118 cm³/mol. The van der Waals surface area contributed by atoms with E-state index in [1.165, 1.54) is 11.8 Å². The van der Waals surface area contributed by atoms with Gasteiger partial charge in [0.05, 0.1) is 12.6 Å². The summed E-state index contributed by atoms with van der Waals surface area (Å²) in [6, 6.07) is 28.7. The first-order chi connectivity index (χ1) is 14.7. The molecule has 1 saturated heterocycles. The van der Waals surface area contributed by atoms with E-state index in [0.29, 0.717) is 6.54 Å². The summed E-state index contributed by atoms with van der Waals surface area (Å²) < 4.78 is 4.10. The van der Waals surface area contributed by atoms with E-state index in [-0.39, 0.29) is 12.5 Å². The Balaban J connectivity index is 1.78. The number of nitrogens with zero attached hydrogens (tertiary/aromatic N) is 1. The van der Waals surface area contributed by atoms with Crippen LogP contribution in [0.5, 0.6) is 0 Å². The third kappa shape index (κ3) is 3.61. The fourth-order valence-corrected chi connectivity index (χ4v) is 5.23. The zero-order valence-electron chi connectivity index (χ0n) is 16.7. The second-order valence-electron chi connectivity index (χ2n) is 7.10. The van der Waals surface area contributed by atoms with Gasteiger partial charge in [-0.05, 0) is 30.2 Å². The third-order valence-electron chi connectivity index (χ3n) is 5.19. The summed E-state index contributed by atoms with van der Waals surface area (Å²) in [7, 11) is 0. The molecule has 0 saturated carbocycles. The largest absolute Gasteiger partial charge is 0.464 e. The SMILES string of the molecule is CCOC(=O)[C@@]1(Sc2ccccc2)C(=O)N(Cc2ccccc2)[C@H]1c1ccccc1. The number of hydrogen-bond donors (Lipinski definition) is 0. The molecule has 5 heteroatoms. The molecule has 1 heterocycles. The number of amides is 1. The van der Waals surface area contributed by atoms with Crippen LogP contribution in [0.15, 0.2) is 95.9 Å². The first kappa shape index (κ1) is 20.2. The number of ether oxygens (including phenoxy) is 1. The van der Waals surface area contributed by atoms with E-state index in [9.17, 15) is 9.59 Å². The smallest absolute Gasteiger partial charge is 0.334 e. The van der Waals surface area contributed by atoms with Crippen molar-refractivity contribution < 1.29 is 14.3 Å². The molecule has 0 aromatic heterocycles. The number of likely N-dealkylation sites (tertiary alicyclic amines) is 1. The first-order valence-electron chi connectivity index (χ1n) is 9.98. The minimum absolute atomic E-state index is 0.215. The van der Waals surface area contributed by atoms with Crippen LogP contribution in [-0.2, 0) is 20.9 Å². The Hall–Kier alpha value is -3.05. The molecule has 4 nitrogen and oxygen atoms in total. The zero-order valence-corrected chi connectivity index (χ0v) is 17.5. The maximum atomic E-state index is 13.6. The van der Waals surface area contributed by atoms with Crippen LogP contribution in [0.2, 0.25) is 0 Å². The van der Waals surface area contributed by atoms with Crippen LogP contribution in [0, 0.1) is 0 Å². The molecular weight excluding hydrogens is 394 g/mol. The van der Waals surface area contributed by atoms with Crippen molar-refractivity contribution in [1.82, 2.24) is 4.90 Å². The van der Waals surface area contributed by atoms with Crippen molar-refractivity contribution >= 4 is 23.6 Å². The molecule has 152 valence electrons. The second kappa shape index (κ2) is 8.76. The molecule has 1 aliphatic heterocycles. The maximum Gasteiger partial charge on any atom is 0.334 e. The molecule has 0 bridgehead atoms. The second-order valence-corrected chi connectivity index (χ2v) is 8.42. The number of carbonyl (C=O) groups excluding carboxylic acids is 2. The normalized spacial score (nSPS) is 20.5. The molecule has 0 aliphatic carbocycles. The quantitative estimate of drug-likeness (QED) is 0.313. The van der Waals surface area contributed by atoms with Gasteiger partial charge < -0.3 is 9.64 Å². The summed E-state index contributed by atoms with van der Waals surface area (Å²) in [6.07, 6.45) is 0. The van der Waals surface area contributed by atoms with E-state index in [4.69, 9.17) is 4.74 Å². The average Bonchev–Trinajstić information content (AvgIpc) is 2.79. The highest BCUT2D eigenvalue weighted by Gasteiger charge is 2.67. The number of hydrogen-bond acceptors (Lipinski definition) is 4. The van der Waals surface area contributed by atoms with E-state index in [1.54, 1.807) is 11.8 Å². The Morgan fingerprint density at radius 1 is 0.933 bits per heavy atom. The summed E-state index contributed by atoms with van der Waals surface area (Å²) in [5.74, 6) is -0.700. The summed E-state index contributed by atoms with van der Waals surface area (Å²) in [5.41, 5.74) is 1.94. The van der Waals surface area contributed by atoms with Gasteiger partial charge >= 0.3 is 5.97 Å². The Labute approximate surface area is 180 Å². The van der Waals surface area contributed by atoms with Gasteiger partial charge in [0.2, 0.25) is 4.75 Å². The number of benzene rings is 3. The lowest BCUT2D eigenvalue weighted by Crippen LogP contribution is -2.70. The van der Waals surface area contributed by atoms with Crippen molar-refractivity contribution in [2.45, 2.75) is 29.2 Å². The van der Waals surface area contributed by atoms with Gasteiger partial charge in [-0.2, -0.15) is 0 Å². The topological polar surface area (TPSA) is 46.6 Å². The van der Waals surface area contributed by atoms with Crippen molar-refractivity contribution in [1.29, 1.82) is 0 Å². The standard InChI is InChI=1S/C25H23NO3S/c1-2-29-24(28)25(30-21-16-10-5-11-17-21)22(20-14-8-4-9-15-20)26(23(25)27)18-19-12-6-3-7-13-19/h3-17,22H,2,18H2,1H3/t22-,25-/m0/s1. The highest BCUT2D eigenvalue weighted by Crippen LogP contribution is 2.55. The van der Waals surface area contributed by atoms with Gasteiger partial charge in [-0.15, -0.1) is 0 Å². The Morgan fingerprint density at radius 3 is 2.10 bits per heavy atom. The molecule has 4 rings (SSSR count). The molecule has 0 N–H and O–H groups in total. The van der Waals surface area contributed by atoms with E-state index in [0.717, 1.165) is 16.0 Å². The van der Waals surface area contributed by atoms with Gasteiger partial charge in [0.15, 0.2) is 0 Å². The third-order valence-corrected chi connectivity index (χ3v) is 6.58. The number of β-lactam (4-membered cyclic amide) rings is 1. The minimum atomic E-state index is -1.34. The number of esters is 1. The minimum Gasteiger partial charge on any atom is -0.464 e. The summed E-state index contributed by atoms with van der Waals surface area (Å²) in [4.78, 5) is 29.5. The summed E-state index contributed by atoms with van der Waals surface area (Å²) >= 11 is 1.29. The molecule has 30 heavy (non-hydrogen) atoms. The Kier molecular flexibility index (Phi) is 5.91. The number of carbonyl (C=O) groups is 2. The molecule has 1 aliphatic rings. The van der Waals surface area contributed by atoms with Crippen LogP contribution in [0.3, 0.4) is 0 Å². The van der Waals surface area contributed by atoms with Crippen LogP contribution in [-0.4, -0.2) is 28.1 Å². The van der Waals surface area contributed by atoms with E-state index in [1.807, 2.05) is 91.0 Å². The van der Waals surface area contributed by atoms with Crippen LogP contribution >= 0.6 is 11.8 Å². The highest BCUT2D eigenvalue weighted by molar-refractivity contribution is 8.02. The van der Waals surface area contributed by atoms with Crippen LogP contribution in [0.25, 0.3) is 0 Å². The number of thioether (sulfide) groups is 1. The molecule has 3 aromatic carbocycles. The van der Waals surface area contributed by atoms with Crippen molar-refractivity contribution in [2.75, 3.05) is 6.61 Å². The van der Waals surface area contributed by atoms with E-state index in [2.05, 4.69) is 0 Å². The van der Waals surface area contributed by atoms with Gasteiger partial charge in [0, 0.05) is 11.4 Å². The monoisotopic (exact) mass is 417 g/mol. The molecule has 2 atom stereocenters. The van der Waals surface area contributed by atoms with Gasteiger partial charge in [-0.25, -0.2) is 4.79 Å². The van der Waals surface area contributed by atoms with Gasteiger partial charge in [0.1, 0.15) is 0 Å². The van der Waals surface area contributed by atoms with Gasteiger partial charge in [0.25, 0.3) is 5.91 Å². The lowest BCUT2D eigenvalue weighted by Gasteiger charge is -2.53. The van der Waals surface area contributed by atoms with E-state index >= 15 is 0 Å². The molecule has 1 fully saturated rings. The molecule has 1 amide bonds. The molecule has 0 spiro atoms. The van der Waals surface area contributed by atoms with Gasteiger partial charge in [-0.1, -0.05) is 90.6 Å². The molecule has 0 radical (unpaired) electrons. The van der Waals surface area contributed by atoms with E-state index < -0.39 is 16.8 Å².